The van der Waals surface area contributed by atoms with Gasteiger partial charge in [0, 0.05) is 50.9 Å². The summed E-state index contributed by atoms with van der Waals surface area (Å²) in [6, 6.07) is 3.40. The molecule has 0 bridgehead atoms. The van der Waals surface area contributed by atoms with E-state index in [-0.39, 0.29) is 23.5 Å². The van der Waals surface area contributed by atoms with Gasteiger partial charge >= 0.3 is 0 Å². The molecule has 27 heavy (non-hydrogen) atoms. The largest absolute Gasteiger partial charge is 0.371 e. The van der Waals surface area contributed by atoms with E-state index in [1.54, 1.807) is 19.3 Å². The lowest BCUT2D eigenvalue weighted by Gasteiger charge is -2.38. The SMILES string of the molecule is CN(C(=O)c1cc(N2CCC3(CC2)OCCO3)ccn1)C1CCS(=O)(=O)C1. The molecule has 3 fully saturated rings. The molecule has 3 aliphatic rings. The van der Waals surface area contributed by atoms with Crippen molar-refractivity contribution in [3.8, 4) is 0 Å². The lowest BCUT2D eigenvalue weighted by molar-refractivity contribution is -0.169. The number of sulfone groups is 1. The van der Waals surface area contributed by atoms with Gasteiger partial charge in [0.15, 0.2) is 15.6 Å². The van der Waals surface area contributed by atoms with Crippen LogP contribution in [0.1, 0.15) is 29.8 Å². The van der Waals surface area contributed by atoms with Gasteiger partial charge in [0.2, 0.25) is 0 Å². The van der Waals surface area contributed by atoms with Gasteiger partial charge in [-0.05, 0) is 18.6 Å². The maximum Gasteiger partial charge on any atom is 0.272 e. The highest BCUT2D eigenvalue weighted by molar-refractivity contribution is 7.91. The predicted molar refractivity (Wildman–Crippen MR) is 99.5 cm³/mol. The van der Waals surface area contributed by atoms with Crippen LogP contribution in [0.15, 0.2) is 18.3 Å². The first-order valence-electron chi connectivity index (χ1n) is 9.34. The molecular formula is C18H25N3O5S. The van der Waals surface area contributed by atoms with Crippen LogP contribution in [0.5, 0.6) is 0 Å². The van der Waals surface area contributed by atoms with Gasteiger partial charge in [-0.25, -0.2) is 8.42 Å². The minimum absolute atomic E-state index is 0.0309. The van der Waals surface area contributed by atoms with Gasteiger partial charge in [-0.2, -0.15) is 0 Å². The summed E-state index contributed by atoms with van der Waals surface area (Å²) in [7, 11) is -1.38. The van der Waals surface area contributed by atoms with Gasteiger partial charge in [0.05, 0.1) is 24.7 Å². The topological polar surface area (TPSA) is 89.0 Å². The summed E-state index contributed by atoms with van der Waals surface area (Å²) < 4.78 is 34.9. The van der Waals surface area contributed by atoms with Crippen LogP contribution >= 0.6 is 0 Å². The fourth-order valence-electron chi connectivity index (χ4n) is 4.05. The molecule has 1 amide bonds. The van der Waals surface area contributed by atoms with E-state index in [9.17, 15) is 13.2 Å². The molecule has 1 unspecified atom stereocenters. The summed E-state index contributed by atoms with van der Waals surface area (Å²) in [5.74, 6) is -0.503. The smallest absolute Gasteiger partial charge is 0.272 e. The number of pyridine rings is 1. The second-order valence-corrected chi connectivity index (χ2v) is 9.70. The van der Waals surface area contributed by atoms with E-state index < -0.39 is 15.6 Å². The van der Waals surface area contributed by atoms with E-state index in [1.165, 1.54) is 4.90 Å². The van der Waals surface area contributed by atoms with Gasteiger partial charge in [0.25, 0.3) is 5.91 Å². The highest BCUT2D eigenvalue weighted by Crippen LogP contribution is 2.33. The number of piperidine rings is 1. The number of hydrogen-bond donors (Lipinski definition) is 0. The minimum atomic E-state index is -3.04. The first-order chi connectivity index (χ1) is 12.9. The highest BCUT2D eigenvalue weighted by Gasteiger charge is 2.40. The van der Waals surface area contributed by atoms with E-state index in [1.807, 2.05) is 6.07 Å². The number of ether oxygens (including phenoxy) is 2. The number of amides is 1. The number of carbonyl (C=O) groups is 1. The lowest BCUT2D eigenvalue weighted by atomic mass is 10.0. The third kappa shape index (κ3) is 3.81. The van der Waals surface area contributed by atoms with Crippen molar-refractivity contribution < 1.29 is 22.7 Å². The van der Waals surface area contributed by atoms with Crippen molar-refractivity contribution in [3.05, 3.63) is 24.0 Å². The fraction of sp³-hybridized carbons (Fsp3) is 0.667. The predicted octanol–water partition coefficient (Wildman–Crippen LogP) is 0.684. The van der Waals surface area contributed by atoms with E-state index >= 15 is 0 Å². The Hall–Kier alpha value is -1.71. The Morgan fingerprint density at radius 2 is 2.00 bits per heavy atom. The number of aromatic nitrogens is 1. The van der Waals surface area contributed by atoms with Crippen LogP contribution < -0.4 is 4.90 Å². The Morgan fingerprint density at radius 3 is 2.63 bits per heavy atom. The molecule has 0 N–H and O–H groups in total. The Kier molecular flexibility index (Phi) is 4.85. The Labute approximate surface area is 159 Å². The average molecular weight is 395 g/mol. The molecular weight excluding hydrogens is 370 g/mol. The molecule has 1 atom stereocenters. The number of nitrogens with zero attached hydrogens (tertiary/aromatic N) is 3. The van der Waals surface area contributed by atoms with Crippen molar-refractivity contribution in [2.24, 2.45) is 0 Å². The summed E-state index contributed by atoms with van der Waals surface area (Å²) in [4.78, 5) is 20.7. The van der Waals surface area contributed by atoms with Crippen LogP contribution in [0.2, 0.25) is 0 Å². The number of anilines is 1. The quantitative estimate of drug-likeness (QED) is 0.744. The molecule has 0 saturated carbocycles. The molecule has 4 heterocycles. The van der Waals surface area contributed by atoms with Gasteiger partial charge in [0.1, 0.15) is 5.69 Å². The van der Waals surface area contributed by atoms with Crippen molar-refractivity contribution in [2.75, 3.05) is 49.8 Å². The second kappa shape index (κ2) is 7.03. The zero-order valence-corrected chi connectivity index (χ0v) is 16.3. The molecule has 4 rings (SSSR count). The monoisotopic (exact) mass is 395 g/mol. The molecule has 3 aliphatic heterocycles. The molecule has 0 radical (unpaired) electrons. The zero-order chi connectivity index (χ0) is 19.1. The van der Waals surface area contributed by atoms with Crippen LogP contribution in [0.25, 0.3) is 0 Å². The number of hydrogen-bond acceptors (Lipinski definition) is 7. The van der Waals surface area contributed by atoms with E-state index in [4.69, 9.17) is 9.47 Å². The lowest BCUT2D eigenvalue weighted by Crippen LogP contribution is -2.45. The molecule has 0 aliphatic carbocycles. The van der Waals surface area contributed by atoms with Gasteiger partial charge in [-0.1, -0.05) is 0 Å². The number of carbonyl (C=O) groups excluding carboxylic acids is 1. The third-order valence-electron chi connectivity index (χ3n) is 5.74. The van der Waals surface area contributed by atoms with Crippen LogP contribution in [-0.2, 0) is 19.3 Å². The first-order valence-corrected chi connectivity index (χ1v) is 11.2. The minimum Gasteiger partial charge on any atom is -0.371 e. The summed E-state index contributed by atoms with van der Waals surface area (Å²) in [5, 5.41) is 0. The van der Waals surface area contributed by atoms with Crippen LogP contribution in [0.3, 0.4) is 0 Å². The molecule has 1 aromatic heterocycles. The molecule has 148 valence electrons. The van der Waals surface area contributed by atoms with Crippen molar-refractivity contribution in [1.82, 2.24) is 9.88 Å². The molecule has 1 aromatic rings. The zero-order valence-electron chi connectivity index (χ0n) is 15.5. The summed E-state index contributed by atoms with van der Waals surface area (Å²) in [5.41, 5.74) is 1.28. The fourth-order valence-corrected chi connectivity index (χ4v) is 5.83. The van der Waals surface area contributed by atoms with Crippen LogP contribution in [0, 0.1) is 0 Å². The normalized spacial score (nSPS) is 26.4. The van der Waals surface area contributed by atoms with Crippen LogP contribution in [-0.4, -0.2) is 80.9 Å². The summed E-state index contributed by atoms with van der Waals surface area (Å²) >= 11 is 0. The molecule has 0 aromatic carbocycles. The van der Waals surface area contributed by atoms with Crippen molar-refractivity contribution in [3.63, 3.8) is 0 Å². The average Bonchev–Trinajstić information content (AvgIpc) is 3.27. The summed E-state index contributed by atoms with van der Waals surface area (Å²) in [6.45, 7) is 2.87. The summed E-state index contributed by atoms with van der Waals surface area (Å²) in [6.07, 6.45) is 3.70. The first kappa shape index (κ1) is 18.6. The second-order valence-electron chi connectivity index (χ2n) is 7.47. The van der Waals surface area contributed by atoms with Crippen LogP contribution in [0.4, 0.5) is 5.69 Å². The standard InChI is InChI=1S/C18H25N3O5S/c1-20(15-3-11-27(23,24)13-15)17(22)16-12-14(2-6-19-16)21-7-4-18(5-8-21)25-9-10-26-18/h2,6,12,15H,3-5,7-11,13H2,1H3. The van der Waals surface area contributed by atoms with Gasteiger partial charge in [-0.15, -0.1) is 0 Å². The molecule has 8 nitrogen and oxygen atoms in total. The maximum atomic E-state index is 12.8. The molecule has 1 spiro atoms. The van der Waals surface area contributed by atoms with Crippen molar-refractivity contribution in [1.29, 1.82) is 0 Å². The van der Waals surface area contributed by atoms with Crippen molar-refractivity contribution >= 4 is 21.4 Å². The molecule has 9 heteroatoms. The number of rotatable bonds is 3. The maximum absolute atomic E-state index is 12.8. The Balaban J connectivity index is 1.44. The Bertz CT molecular complexity index is 812. The third-order valence-corrected chi connectivity index (χ3v) is 7.49. The Morgan fingerprint density at radius 1 is 1.30 bits per heavy atom. The van der Waals surface area contributed by atoms with E-state index in [2.05, 4.69) is 9.88 Å². The van der Waals surface area contributed by atoms with E-state index in [0.717, 1.165) is 31.6 Å². The van der Waals surface area contributed by atoms with Gasteiger partial charge in [-0.3, -0.25) is 9.78 Å². The highest BCUT2D eigenvalue weighted by atomic mass is 32.2. The van der Waals surface area contributed by atoms with Crippen molar-refractivity contribution in [2.45, 2.75) is 31.1 Å². The van der Waals surface area contributed by atoms with Gasteiger partial charge < -0.3 is 19.3 Å². The van der Waals surface area contributed by atoms with E-state index in [0.29, 0.717) is 25.3 Å². The molecule has 3 saturated heterocycles.